The summed E-state index contributed by atoms with van der Waals surface area (Å²) >= 11 is 0. The second-order valence-corrected chi connectivity index (χ2v) is 5.59. The fourth-order valence-corrected chi connectivity index (χ4v) is 2.94. The van der Waals surface area contributed by atoms with Crippen molar-refractivity contribution in [1.29, 1.82) is 0 Å². The summed E-state index contributed by atoms with van der Waals surface area (Å²) < 4.78 is 10.2. The zero-order valence-corrected chi connectivity index (χ0v) is 13.6. The van der Waals surface area contributed by atoms with Crippen LogP contribution in [0.5, 0.6) is 5.75 Å². The Morgan fingerprint density at radius 2 is 1.92 bits per heavy atom. The Bertz CT molecular complexity index is 1050. The van der Waals surface area contributed by atoms with Crippen LogP contribution >= 0.6 is 0 Å². The lowest BCUT2D eigenvalue weighted by atomic mass is 9.91. The first-order valence-corrected chi connectivity index (χ1v) is 7.59. The third kappa shape index (κ3) is 2.32. The number of rotatable bonds is 3. The first-order valence-electron chi connectivity index (χ1n) is 7.59. The number of ether oxygens (including phenoxy) is 2. The average molecular weight is 335 g/mol. The Kier molecular flexibility index (Phi) is 3.42. The van der Waals surface area contributed by atoms with Crippen LogP contribution in [0.15, 0.2) is 30.7 Å². The Morgan fingerprint density at radius 1 is 1.12 bits per heavy atom. The second kappa shape index (κ2) is 5.62. The van der Waals surface area contributed by atoms with Crippen molar-refractivity contribution in [1.82, 2.24) is 15.0 Å². The Morgan fingerprint density at radius 3 is 2.68 bits per heavy atom. The number of esters is 1. The van der Waals surface area contributed by atoms with Gasteiger partial charge in [0.2, 0.25) is 5.78 Å². The first-order chi connectivity index (χ1) is 12.1. The van der Waals surface area contributed by atoms with Crippen LogP contribution < -0.4 is 4.74 Å². The molecule has 1 aliphatic carbocycles. The van der Waals surface area contributed by atoms with E-state index in [9.17, 15) is 9.59 Å². The van der Waals surface area contributed by atoms with Gasteiger partial charge in [0.1, 0.15) is 23.7 Å². The third-order valence-corrected chi connectivity index (χ3v) is 4.10. The summed E-state index contributed by atoms with van der Waals surface area (Å²) in [6.07, 6.45) is 4.75. The number of fused-ring (bicyclic) bond motifs is 2. The summed E-state index contributed by atoms with van der Waals surface area (Å²) in [4.78, 5) is 37.0. The highest BCUT2D eigenvalue weighted by Crippen LogP contribution is 2.38. The number of aromatic nitrogens is 3. The Labute approximate surface area is 142 Å². The van der Waals surface area contributed by atoms with Gasteiger partial charge >= 0.3 is 5.97 Å². The predicted molar refractivity (Wildman–Crippen MR) is 88.2 cm³/mol. The molecule has 0 unspecified atom stereocenters. The molecule has 4 rings (SSSR count). The zero-order chi connectivity index (χ0) is 17.6. The molecule has 25 heavy (non-hydrogen) atoms. The quantitative estimate of drug-likeness (QED) is 0.530. The lowest BCUT2D eigenvalue weighted by Crippen LogP contribution is -2.15. The number of nitrogens with zero attached hydrogens (tertiary/aromatic N) is 3. The summed E-state index contributed by atoms with van der Waals surface area (Å²) in [6.45, 7) is 1.43. The number of hydrogen-bond acceptors (Lipinski definition) is 7. The molecule has 0 aliphatic heterocycles. The van der Waals surface area contributed by atoms with Crippen molar-refractivity contribution in [3.63, 3.8) is 0 Å². The molecule has 0 spiro atoms. The largest absolute Gasteiger partial charge is 0.495 e. The van der Waals surface area contributed by atoms with E-state index in [-0.39, 0.29) is 18.4 Å². The lowest BCUT2D eigenvalue weighted by molar-refractivity contribution is -0.142. The normalized spacial score (nSPS) is 12.0. The van der Waals surface area contributed by atoms with Gasteiger partial charge in [0.15, 0.2) is 0 Å². The molecule has 3 heterocycles. The van der Waals surface area contributed by atoms with Crippen LogP contribution in [-0.2, 0) is 16.1 Å². The van der Waals surface area contributed by atoms with Crippen LogP contribution in [0.25, 0.3) is 22.2 Å². The van der Waals surface area contributed by atoms with E-state index in [1.54, 1.807) is 30.7 Å². The molecule has 3 aromatic heterocycles. The van der Waals surface area contributed by atoms with E-state index in [0.29, 0.717) is 39.3 Å². The fraction of sp³-hybridized carbons (Fsp3) is 0.167. The molecule has 7 nitrogen and oxygen atoms in total. The van der Waals surface area contributed by atoms with Crippen LogP contribution in [0.1, 0.15) is 28.5 Å². The highest BCUT2D eigenvalue weighted by Gasteiger charge is 2.29. The van der Waals surface area contributed by atoms with E-state index in [0.717, 1.165) is 5.39 Å². The van der Waals surface area contributed by atoms with Gasteiger partial charge in [0, 0.05) is 30.3 Å². The standard InChI is InChI=1S/C18H13N3O4/c1-9(22)25-8-10-6-20-16-14-12(10)3-4-19-17(14)18(23)13-5-11(24-2)7-21-15(13)16/h3-7H,8H2,1-2H3. The molecule has 3 aromatic rings. The van der Waals surface area contributed by atoms with Crippen molar-refractivity contribution < 1.29 is 19.1 Å². The molecule has 0 N–H and O–H groups in total. The minimum atomic E-state index is -0.381. The molecule has 0 radical (unpaired) electrons. The van der Waals surface area contributed by atoms with Crippen LogP contribution in [0.3, 0.4) is 0 Å². The van der Waals surface area contributed by atoms with Gasteiger partial charge in [0.25, 0.3) is 0 Å². The van der Waals surface area contributed by atoms with Crippen molar-refractivity contribution in [2.75, 3.05) is 7.11 Å². The van der Waals surface area contributed by atoms with Crippen molar-refractivity contribution in [3.8, 4) is 17.1 Å². The topological polar surface area (TPSA) is 91.3 Å². The smallest absolute Gasteiger partial charge is 0.302 e. The molecular weight excluding hydrogens is 322 g/mol. The number of pyridine rings is 3. The lowest BCUT2D eigenvalue weighted by Gasteiger charge is -2.19. The summed E-state index contributed by atoms with van der Waals surface area (Å²) in [5.74, 6) is -0.117. The van der Waals surface area contributed by atoms with E-state index in [2.05, 4.69) is 15.0 Å². The molecule has 0 saturated heterocycles. The minimum absolute atomic E-state index is 0.0830. The second-order valence-electron chi connectivity index (χ2n) is 5.59. The molecule has 124 valence electrons. The van der Waals surface area contributed by atoms with Crippen molar-refractivity contribution >= 4 is 22.5 Å². The first kappa shape index (κ1) is 15.2. The van der Waals surface area contributed by atoms with Crippen LogP contribution in [0.4, 0.5) is 0 Å². The van der Waals surface area contributed by atoms with E-state index in [1.807, 2.05) is 0 Å². The van der Waals surface area contributed by atoms with Crippen molar-refractivity contribution in [2.24, 2.45) is 0 Å². The number of carbonyl (C=O) groups excluding carboxylic acids is 2. The van der Waals surface area contributed by atoms with Crippen LogP contribution in [0.2, 0.25) is 0 Å². The van der Waals surface area contributed by atoms with E-state index in [4.69, 9.17) is 9.47 Å². The van der Waals surface area contributed by atoms with Gasteiger partial charge in [0.05, 0.1) is 24.6 Å². The van der Waals surface area contributed by atoms with Gasteiger partial charge in [-0.25, -0.2) is 4.98 Å². The fourth-order valence-electron chi connectivity index (χ4n) is 2.94. The maximum atomic E-state index is 12.9. The molecule has 0 bridgehead atoms. The van der Waals surface area contributed by atoms with Gasteiger partial charge in [-0.3, -0.25) is 19.6 Å². The molecule has 0 atom stereocenters. The van der Waals surface area contributed by atoms with Crippen molar-refractivity contribution in [3.05, 3.63) is 47.5 Å². The number of hydrogen-bond donors (Lipinski definition) is 0. The monoisotopic (exact) mass is 335 g/mol. The SMILES string of the molecule is COc1cnc2c(c1)C(=O)c1nccc3c(COC(C)=O)cnc-2c13. The van der Waals surface area contributed by atoms with Gasteiger partial charge < -0.3 is 9.47 Å². The van der Waals surface area contributed by atoms with Gasteiger partial charge in [-0.2, -0.15) is 0 Å². The molecule has 1 aliphatic rings. The van der Waals surface area contributed by atoms with Gasteiger partial charge in [-0.05, 0) is 17.5 Å². The van der Waals surface area contributed by atoms with Crippen molar-refractivity contribution in [2.45, 2.75) is 13.5 Å². The maximum Gasteiger partial charge on any atom is 0.302 e. The van der Waals surface area contributed by atoms with Crippen LogP contribution in [-0.4, -0.2) is 33.8 Å². The molecule has 0 saturated carbocycles. The highest BCUT2D eigenvalue weighted by atomic mass is 16.5. The van der Waals surface area contributed by atoms with E-state index in [1.165, 1.54) is 14.0 Å². The molecule has 0 amide bonds. The van der Waals surface area contributed by atoms with Crippen LogP contribution in [0, 0.1) is 0 Å². The van der Waals surface area contributed by atoms with Gasteiger partial charge in [-0.15, -0.1) is 0 Å². The molecule has 0 fully saturated rings. The minimum Gasteiger partial charge on any atom is -0.495 e. The van der Waals surface area contributed by atoms with E-state index >= 15 is 0 Å². The number of carbonyl (C=O) groups is 2. The van der Waals surface area contributed by atoms with E-state index < -0.39 is 0 Å². The zero-order valence-electron chi connectivity index (χ0n) is 13.6. The summed E-state index contributed by atoms with van der Waals surface area (Å²) in [7, 11) is 1.52. The highest BCUT2D eigenvalue weighted by molar-refractivity contribution is 6.23. The number of ketones is 1. The maximum absolute atomic E-state index is 12.9. The molecule has 0 aromatic carbocycles. The van der Waals surface area contributed by atoms with Gasteiger partial charge in [-0.1, -0.05) is 0 Å². The predicted octanol–water partition coefficient (Wildman–Crippen LogP) is 2.31. The Balaban J connectivity index is 1.98. The average Bonchev–Trinajstić information content (AvgIpc) is 2.64. The molecular formula is C18H13N3O4. The Hall–Kier alpha value is -3.35. The molecule has 7 heteroatoms. The third-order valence-electron chi connectivity index (χ3n) is 4.10. The number of methoxy groups -OCH3 is 1. The summed E-state index contributed by atoms with van der Waals surface area (Å²) in [6, 6.07) is 3.42. The summed E-state index contributed by atoms with van der Waals surface area (Å²) in [5.41, 5.74) is 2.51. The summed E-state index contributed by atoms with van der Waals surface area (Å²) in [5, 5.41) is 1.40.